The molecule has 0 spiro atoms. The lowest BCUT2D eigenvalue weighted by Crippen LogP contribution is -2.36. The van der Waals surface area contributed by atoms with Crippen LogP contribution in [0.5, 0.6) is 0 Å². The quantitative estimate of drug-likeness (QED) is 0.392. The van der Waals surface area contributed by atoms with Crippen molar-refractivity contribution >= 4 is 17.3 Å². The van der Waals surface area contributed by atoms with Gasteiger partial charge in [0.05, 0.1) is 19.8 Å². The first kappa shape index (κ1) is 12.6. The predicted molar refractivity (Wildman–Crippen MR) is 65.2 cm³/mol. The summed E-state index contributed by atoms with van der Waals surface area (Å²) in [7, 11) is 0. The van der Waals surface area contributed by atoms with E-state index in [1.165, 1.54) is 0 Å². The molecule has 0 aromatic carbocycles. The Morgan fingerprint density at radius 3 is 2.80 bits per heavy atom. The van der Waals surface area contributed by atoms with Crippen LogP contribution in [0.25, 0.3) is 0 Å². The molecule has 1 fully saturated rings. The second-order valence-corrected chi connectivity index (χ2v) is 3.94. The van der Waals surface area contributed by atoms with Crippen LogP contribution in [-0.4, -0.2) is 49.4 Å². The van der Waals surface area contributed by atoms with E-state index in [-0.39, 0.29) is 0 Å². The molecular weight excluding hydrogens is 210 g/mol. The molecule has 0 unspecified atom stereocenters. The van der Waals surface area contributed by atoms with E-state index in [0.717, 1.165) is 45.7 Å². The summed E-state index contributed by atoms with van der Waals surface area (Å²) in [5.74, 6) is 0. The topological polar surface area (TPSA) is 21.7 Å². The van der Waals surface area contributed by atoms with Crippen molar-refractivity contribution in [1.82, 2.24) is 4.90 Å². The molecule has 1 rings (SSSR count). The zero-order valence-electron chi connectivity index (χ0n) is 9.11. The van der Waals surface area contributed by atoms with Gasteiger partial charge < -0.3 is 9.47 Å². The van der Waals surface area contributed by atoms with Crippen molar-refractivity contribution in [2.75, 3.05) is 39.5 Å². The van der Waals surface area contributed by atoms with Crippen molar-refractivity contribution in [3.8, 4) is 0 Å². The molecule has 0 aliphatic carbocycles. The van der Waals surface area contributed by atoms with Crippen LogP contribution < -0.4 is 0 Å². The third-order valence-corrected chi connectivity index (χ3v) is 2.67. The summed E-state index contributed by atoms with van der Waals surface area (Å²) < 4.78 is 10.5. The fourth-order valence-corrected chi connectivity index (χ4v) is 1.58. The van der Waals surface area contributed by atoms with Crippen LogP contribution in [0.2, 0.25) is 0 Å². The van der Waals surface area contributed by atoms with Gasteiger partial charge in [-0.25, -0.2) is 0 Å². The monoisotopic (exact) mass is 229 g/mol. The highest BCUT2D eigenvalue weighted by molar-refractivity contribution is 7.80. The Hall–Kier alpha value is -0.450. The molecule has 1 saturated heterocycles. The van der Waals surface area contributed by atoms with E-state index in [1.54, 1.807) is 6.08 Å². The number of thiocarbonyl (C=S) groups is 1. The van der Waals surface area contributed by atoms with Crippen molar-refractivity contribution in [3.63, 3.8) is 0 Å². The van der Waals surface area contributed by atoms with Crippen LogP contribution >= 0.6 is 12.2 Å². The van der Waals surface area contributed by atoms with E-state index in [2.05, 4.69) is 11.5 Å². The second-order valence-electron chi connectivity index (χ2n) is 3.53. The highest BCUT2D eigenvalue weighted by Gasteiger charge is 2.08. The smallest absolute Gasteiger partial charge is 0.183 e. The van der Waals surface area contributed by atoms with Gasteiger partial charge in [0, 0.05) is 13.1 Å². The highest BCUT2D eigenvalue weighted by atomic mass is 32.1. The molecule has 4 heteroatoms. The van der Waals surface area contributed by atoms with Gasteiger partial charge in [0.2, 0.25) is 0 Å². The normalized spacial score (nSPS) is 17.3. The van der Waals surface area contributed by atoms with Crippen molar-refractivity contribution in [2.45, 2.75) is 12.8 Å². The summed E-state index contributed by atoms with van der Waals surface area (Å²) in [4.78, 5) is 2.43. The number of nitrogens with zero attached hydrogens (tertiary/aromatic N) is 1. The van der Waals surface area contributed by atoms with Crippen LogP contribution in [0.15, 0.2) is 12.7 Å². The molecule has 1 aliphatic rings. The third-order valence-electron chi connectivity index (χ3n) is 2.38. The summed E-state index contributed by atoms with van der Waals surface area (Å²) in [6, 6.07) is 0. The Morgan fingerprint density at radius 1 is 1.40 bits per heavy atom. The number of hydrogen-bond acceptors (Lipinski definition) is 4. The summed E-state index contributed by atoms with van der Waals surface area (Å²) in [6.07, 6.45) is 3.77. The maximum Gasteiger partial charge on any atom is 0.183 e. The number of unbranched alkanes of at least 4 members (excludes halogenated alkanes) is 1. The Morgan fingerprint density at radius 2 is 2.13 bits per heavy atom. The van der Waals surface area contributed by atoms with Gasteiger partial charge in [-0.1, -0.05) is 6.58 Å². The number of morpholine rings is 1. The summed E-state index contributed by atoms with van der Waals surface area (Å²) in [6.45, 7) is 9.25. The second kappa shape index (κ2) is 7.79. The van der Waals surface area contributed by atoms with E-state index in [9.17, 15) is 0 Å². The molecular formula is C11H19NO2S. The van der Waals surface area contributed by atoms with Crippen LogP contribution in [-0.2, 0) is 9.47 Å². The van der Waals surface area contributed by atoms with E-state index in [0.29, 0.717) is 11.7 Å². The SMILES string of the molecule is C=CC(=S)OCCCCN1CCOCC1. The van der Waals surface area contributed by atoms with Gasteiger partial charge in [0.1, 0.15) is 0 Å². The zero-order valence-corrected chi connectivity index (χ0v) is 9.93. The third kappa shape index (κ3) is 5.87. The van der Waals surface area contributed by atoms with E-state index in [1.807, 2.05) is 0 Å². The minimum atomic E-state index is 0.501. The van der Waals surface area contributed by atoms with Crippen LogP contribution in [0, 0.1) is 0 Å². The van der Waals surface area contributed by atoms with Gasteiger partial charge in [0.25, 0.3) is 0 Å². The number of ether oxygens (including phenoxy) is 2. The van der Waals surface area contributed by atoms with Gasteiger partial charge in [-0.3, -0.25) is 4.90 Å². The molecule has 0 amide bonds. The van der Waals surface area contributed by atoms with E-state index < -0.39 is 0 Å². The molecule has 0 bridgehead atoms. The minimum absolute atomic E-state index is 0.501. The Balaban J connectivity index is 1.91. The van der Waals surface area contributed by atoms with Crippen LogP contribution in [0.3, 0.4) is 0 Å². The average Bonchev–Trinajstić information content (AvgIpc) is 2.29. The molecule has 0 saturated carbocycles. The lowest BCUT2D eigenvalue weighted by atomic mass is 10.3. The van der Waals surface area contributed by atoms with Gasteiger partial charge in [-0.05, 0) is 37.7 Å². The van der Waals surface area contributed by atoms with E-state index >= 15 is 0 Å². The molecule has 0 atom stereocenters. The van der Waals surface area contributed by atoms with Crippen LogP contribution in [0.1, 0.15) is 12.8 Å². The molecule has 0 aromatic rings. The molecule has 86 valence electrons. The fraction of sp³-hybridized carbons (Fsp3) is 0.727. The molecule has 0 N–H and O–H groups in total. The Bertz CT molecular complexity index is 203. The van der Waals surface area contributed by atoms with Gasteiger partial charge in [-0.15, -0.1) is 0 Å². The Kier molecular flexibility index (Phi) is 6.55. The van der Waals surface area contributed by atoms with Gasteiger partial charge in [0.15, 0.2) is 5.05 Å². The van der Waals surface area contributed by atoms with Crippen LogP contribution in [0.4, 0.5) is 0 Å². The molecule has 15 heavy (non-hydrogen) atoms. The van der Waals surface area contributed by atoms with Gasteiger partial charge in [-0.2, -0.15) is 0 Å². The summed E-state index contributed by atoms with van der Waals surface area (Å²) >= 11 is 4.86. The first-order valence-corrected chi connectivity index (χ1v) is 5.83. The maximum absolute atomic E-state index is 5.28. The van der Waals surface area contributed by atoms with Crippen molar-refractivity contribution in [3.05, 3.63) is 12.7 Å². The lowest BCUT2D eigenvalue weighted by Gasteiger charge is -2.26. The summed E-state index contributed by atoms with van der Waals surface area (Å²) in [5.41, 5.74) is 0. The highest BCUT2D eigenvalue weighted by Crippen LogP contribution is 2.00. The van der Waals surface area contributed by atoms with Crippen molar-refractivity contribution < 1.29 is 9.47 Å². The first-order valence-electron chi connectivity index (χ1n) is 5.42. The molecule has 1 aliphatic heterocycles. The fourth-order valence-electron chi connectivity index (χ4n) is 1.49. The number of rotatable bonds is 6. The predicted octanol–water partition coefficient (Wildman–Crippen LogP) is 1.63. The number of hydrogen-bond donors (Lipinski definition) is 0. The van der Waals surface area contributed by atoms with Gasteiger partial charge >= 0.3 is 0 Å². The maximum atomic E-state index is 5.28. The largest absolute Gasteiger partial charge is 0.483 e. The average molecular weight is 229 g/mol. The molecule has 3 nitrogen and oxygen atoms in total. The first-order chi connectivity index (χ1) is 7.33. The minimum Gasteiger partial charge on any atom is -0.483 e. The van der Waals surface area contributed by atoms with Crippen molar-refractivity contribution in [1.29, 1.82) is 0 Å². The lowest BCUT2D eigenvalue weighted by molar-refractivity contribution is 0.0367. The summed E-state index contributed by atoms with van der Waals surface area (Å²) in [5, 5.41) is 0.501. The van der Waals surface area contributed by atoms with Crippen molar-refractivity contribution in [2.24, 2.45) is 0 Å². The Labute approximate surface area is 97.0 Å². The van der Waals surface area contributed by atoms with E-state index in [4.69, 9.17) is 21.7 Å². The standard InChI is InChI=1S/C11H19NO2S/c1-2-11(15)14-8-4-3-5-12-6-9-13-10-7-12/h2H,1,3-10H2. The molecule has 1 heterocycles. The molecule has 0 radical (unpaired) electrons. The zero-order chi connectivity index (χ0) is 10.9. The molecule has 0 aromatic heterocycles.